The molecule has 6 heterocycles. The Morgan fingerprint density at radius 2 is 2.11 bits per heavy atom. The number of carbonyl (C=O) groups excluding carboxylic acids is 1. The number of rotatable bonds is 3. The number of imidazole rings is 1. The molecular weight excluding hydrogens is 467 g/mol. The van der Waals surface area contributed by atoms with Crippen LogP contribution in [0.2, 0.25) is 0 Å². The number of halogens is 3. The molecule has 1 aliphatic heterocycles. The number of aromatic amines is 1. The average Bonchev–Trinajstić information content (AvgIpc) is 3.62. The number of hydrogen-bond acceptors (Lipinski definition) is 7. The molecule has 6 rings (SSSR count). The summed E-state index contributed by atoms with van der Waals surface area (Å²) >= 11 is 0. The van der Waals surface area contributed by atoms with Gasteiger partial charge in [0.1, 0.15) is 6.04 Å². The molecule has 1 unspecified atom stereocenters. The summed E-state index contributed by atoms with van der Waals surface area (Å²) in [4.78, 5) is 22.5. The predicted molar refractivity (Wildman–Crippen MR) is 112 cm³/mol. The third kappa shape index (κ3) is 3.45. The summed E-state index contributed by atoms with van der Waals surface area (Å²) in [5.41, 5.74) is 3.86. The first-order valence-electron chi connectivity index (χ1n) is 10.5. The highest BCUT2D eigenvalue weighted by atomic mass is 19.4. The molecule has 0 saturated heterocycles. The maximum Gasteiger partial charge on any atom is 0.504 e. The highest BCUT2D eigenvalue weighted by Crippen LogP contribution is 2.34. The number of amides is 1. The summed E-state index contributed by atoms with van der Waals surface area (Å²) in [6, 6.07) is 7.01. The molecule has 1 N–H and O–H groups in total. The number of aryl methyl sites for hydroxylation is 1. The van der Waals surface area contributed by atoms with Gasteiger partial charge in [-0.2, -0.15) is 14.9 Å². The van der Waals surface area contributed by atoms with Gasteiger partial charge >= 0.3 is 18.1 Å². The van der Waals surface area contributed by atoms with Gasteiger partial charge in [-0.1, -0.05) is 6.07 Å². The molecule has 0 fully saturated rings. The smallest absolute Gasteiger partial charge is 0.412 e. The lowest BCUT2D eigenvalue weighted by atomic mass is 9.99. The zero-order valence-electron chi connectivity index (χ0n) is 18.1. The molecule has 178 valence electrons. The molecule has 0 spiro atoms. The van der Waals surface area contributed by atoms with Crippen molar-refractivity contribution in [3.63, 3.8) is 0 Å². The molecule has 0 aromatic carbocycles. The lowest BCUT2D eigenvalue weighted by Gasteiger charge is -2.32. The predicted octanol–water partition coefficient (Wildman–Crippen LogP) is 2.88. The molecule has 35 heavy (non-hydrogen) atoms. The topological polar surface area (TPSA) is 123 Å². The van der Waals surface area contributed by atoms with Gasteiger partial charge in [0, 0.05) is 30.6 Å². The Hall–Kier alpha value is -4.49. The van der Waals surface area contributed by atoms with E-state index in [-0.39, 0.29) is 22.0 Å². The maximum absolute atomic E-state index is 13.5. The minimum absolute atomic E-state index is 0.0607. The van der Waals surface area contributed by atoms with Crippen molar-refractivity contribution < 1.29 is 22.4 Å². The Bertz CT molecular complexity index is 1560. The van der Waals surface area contributed by atoms with Crippen molar-refractivity contribution in [3.05, 3.63) is 71.7 Å². The Kier molecular flexibility index (Phi) is 4.52. The van der Waals surface area contributed by atoms with Crippen LogP contribution in [0.3, 0.4) is 0 Å². The molecule has 0 aliphatic carbocycles. The number of pyridine rings is 1. The summed E-state index contributed by atoms with van der Waals surface area (Å²) in [7, 11) is 0. The van der Waals surface area contributed by atoms with E-state index in [0.29, 0.717) is 30.6 Å². The third-order valence-electron chi connectivity index (χ3n) is 5.86. The van der Waals surface area contributed by atoms with Crippen molar-refractivity contribution in [1.29, 1.82) is 0 Å². The van der Waals surface area contributed by atoms with Crippen LogP contribution in [-0.4, -0.2) is 56.9 Å². The lowest BCUT2D eigenvalue weighted by Crippen LogP contribution is -2.41. The van der Waals surface area contributed by atoms with Gasteiger partial charge in [0.05, 0.1) is 35.0 Å². The number of aromatic nitrogens is 8. The Morgan fingerprint density at radius 1 is 1.26 bits per heavy atom. The van der Waals surface area contributed by atoms with Crippen molar-refractivity contribution in [3.8, 4) is 11.5 Å². The number of nitrogens with zero attached hydrogens (tertiary/aromatic N) is 8. The first-order valence-corrected chi connectivity index (χ1v) is 10.5. The van der Waals surface area contributed by atoms with E-state index in [2.05, 4.69) is 25.3 Å². The van der Waals surface area contributed by atoms with Gasteiger partial charge in [-0.05, 0) is 25.1 Å². The van der Waals surface area contributed by atoms with Crippen LogP contribution >= 0.6 is 0 Å². The zero-order valence-corrected chi connectivity index (χ0v) is 18.1. The molecule has 1 amide bonds. The van der Waals surface area contributed by atoms with Crippen LogP contribution in [0.1, 0.15) is 39.5 Å². The Morgan fingerprint density at radius 3 is 2.89 bits per heavy atom. The first kappa shape index (κ1) is 21.1. The monoisotopic (exact) mass is 483 g/mol. The van der Waals surface area contributed by atoms with Gasteiger partial charge < -0.3 is 14.3 Å². The second-order valence-corrected chi connectivity index (χ2v) is 8.04. The van der Waals surface area contributed by atoms with Crippen molar-refractivity contribution in [1.82, 2.24) is 44.5 Å². The molecule has 5 aromatic rings. The van der Waals surface area contributed by atoms with E-state index < -0.39 is 18.2 Å². The van der Waals surface area contributed by atoms with Gasteiger partial charge in [-0.15, -0.1) is 23.4 Å². The SMILES string of the molecule is Cc1cccc2cc(C3c4nc[nH]c4CCN3C(=O)c3nnc(-c4cnn(C(F)(F)F)c4)o3)nn12. The number of fused-ring (bicyclic) bond motifs is 2. The number of hydrogen-bond donors (Lipinski definition) is 1. The summed E-state index contributed by atoms with van der Waals surface area (Å²) in [6.07, 6.45) is -0.959. The Labute approximate surface area is 194 Å². The van der Waals surface area contributed by atoms with Gasteiger partial charge in [-0.25, -0.2) is 9.50 Å². The van der Waals surface area contributed by atoms with E-state index in [0.717, 1.165) is 23.1 Å². The summed E-state index contributed by atoms with van der Waals surface area (Å²) < 4.78 is 45.6. The van der Waals surface area contributed by atoms with Crippen molar-refractivity contribution in [2.24, 2.45) is 0 Å². The first-order chi connectivity index (χ1) is 16.8. The summed E-state index contributed by atoms with van der Waals surface area (Å²) in [5, 5.41) is 15.5. The van der Waals surface area contributed by atoms with E-state index in [1.54, 1.807) is 10.8 Å². The largest absolute Gasteiger partial charge is 0.504 e. The number of H-pyrrole nitrogens is 1. The highest BCUT2D eigenvalue weighted by Gasteiger charge is 2.38. The van der Waals surface area contributed by atoms with E-state index in [1.165, 1.54) is 4.90 Å². The maximum atomic E-state index is 13.5. The minimum Gasteiger partial charge on any atom is -0.412 e. The van der Waals surface area contributed by atoms with Crippen LogP contribution in [0.25, 0.3) is 17.0 Å². The van der Waals surface area contributed by atoms with Crippen LogP contribution in [0.4, 0.5) is 13.2 Å². The highest BCUT2D eigenvalue weighted by molar-refractivity contribution is 5.90. The van der Waals surface area contributed by atoms with Crippen LogP contribution < -0.4 is 0 Å². The van der Waals surface area contributed by atoms with Gasteiger partial charge in [0.2, 0.25) is 0 Å². The van der Waals surface area contributed by atoms with Crippen LogP contribution in [0.5, 0.6) is 0 Å². The zero-order chi connectivity index (χ0) is 24.3. The second kappa shape index (κ2) is 7.51. The van der Waals surface area contributed by atoms with Crippen LogP contribution in [-0.2, 0) is 12.7 Å². The van der Waals surface area contributed by atoms with Crippen molar-refractivity contribution >= 4 is 11.4 Å². The molecule has 0 bridgehead atoms. The number of carbonyl (C=O) groups is 1. The van der Waals surface area contributed by atoms with Gasteiger partial charge in [-0.3, -0.25) is 4.79 Å². The quantitative estimate of drug-likeness (QED) is 0.419. The minimum atomic E-state index is -4.69. The van der Waals surface area contributed by atoms with Crippen molar-refractivity contribution in [2.45, 2.75) is 25.7 Å². The van der Waals surface area contributed by atoms with E-state index in [4.69, 9.17) is 9.52 Å². The normalized spacial score (nSPS) is 16.1. The van der Waals surface area contributed by atoms with Gasteiger partial charge in [0.15, 0.2) is 0 Å². The molecule has 0 saturated carbocycles. The van der Waals surface area contributed by atoms with Crippen LogP contribution in [0, 0.1) is 6.92 Å². The van der Waals surface area contributed by atoms with E-state index >= 15 is 0 Å². The number of alkyl halides is 3. The number of nitrogens with one attached hydrogen (secondary N) is 1. The van der Waals surface area contributed by atoms with Crippen molar-refractivity contribution in [2.75, 3.05) is 6.54 Å². The lowest BCUT2D eigenvalue weighted by molar-refractivity contribution is -0.212. The average molecular weight is 483 g/mol. The second-order valence-electron chi connectivity index (χ2n) is 8.04. The summed E-state index contributed by atoms with van der Waals surface area (Å²) in [5.74, 6) is -1.19. The van der Waals surface area contributed by atoms with Crippen LogP contribution in [0.15, 0.2) is 47.4 Å². The molecule has 11 nitrogen and oxygen atoms in total. The standard InChI is InChI=1S/C21H16F3N9O2/c1-11-3-2-4-13-7-15(30-33(11)13)17-16-14(25-10-26-16)5-6-31(17)20(34)19-29-28-18(35-19)12-8-27-32(9-12)21(22,23)24/h2-4,7-10,17H,5-6H2,1H3,(H,25,26). The third-order valence-corrected chi connectivity index (χ3v) is 5.86. The molecule has 5 aromatic heterocycles. The molecule has 1 aliphatic rings. The fourth-order valence-electron chi connectivity index (χ4n) is 4.22. The molecule has 1 atom stereocenters. The molecule has 14 heteroatoms. The van der Waals surface area contributed by atoms with Gasteiger partial charge in [0.25, 0.3) is 5.89 Å². The fourth-order valence-corrected chi connectivity index (χ4v) is 4.22. The fraction of sp³-hybridized carbons (Fsp3) is 0.238. The molecular formula is C21H16F3N9O2. The van der Waals surface area contributed by atoms with E-state index in [1.807, 2.05) is 31.2 Å². The summed E-state index contributed by atoms with van der Waals surface area (Å²) in [6.45, 7) is 2.24. The van der Waals surface area contributed by atoms with E-state index in [9.17, 15) is 18.0 Å². The molecule has 0 radical (unpaired) electrons. The Balaban J connectivity index is 1.37.